The molecule has 1 aliphatic rings. The summed E-state index contributed by atoms with van der Waals surface area (Å²) in [6, 6.07) is 17.3. The van der Waals surface area contributed by atoms with E-state index in [4.69, 9.17) is 5.10 Å². The molecule has 0 N–H and O–H groups in total. The van der Waals surface area contributed by atoms with Crippen LogP contribution in [0.15, 0.2) is 60.8 Å². The minimum absolute atomic E-state index is 0.0560. The molecule has 4 rings (SSSR count). The monoisotopic (exact) mass is 332 g/mol. The quantitative estimate of drug-likeness (QED) is 0.723. The zero-order chi connectivity index (χ0) is 17.4. The summed E-state index contributed by atoms with van der Waals surface area (Å²) in [7, 11) is 0. The SMILES string of the molecule is CC1(C)CN(C(=O)c2ccccc2)Cc2cc(-c3ccccn3)nn21. The molecule has 0 atom stereocenters. The van der Waals surface area contributed by atoms with Crippen LogP contribution in [0.25, 0.3) is 11.4 Å². The Morgan fingerprint density at radius 1 is 1.04 bits per heavy atom. The zero-order valence-electron chi connectivity index (χ0n) is 14.4. The van der Waals surface area contributed by atoms with E-state index in [0.29, 0.717) is 13.1 Å². The highest BCUT2D eigenvalue weighted by molar-refractivity contribution is 5.94. The van der Waals surface area contributed by atoms with Crippen molar-refractivity contribution >= 4 is 5.91 Å². The molecule has 2 aromatic heterocycles. The highest BCUT2D eigenvalue weighted by Gasteiger charge is 2.35. The van der Waals surface area contributed by atoms with Gasteiger partial charge in [0, 0.05) is 18.3 Å². The third kappa shape index (κ3) is 2.82. The van der Waals surface area contributed by atoms with Gasteiger partial charge in [0.25, 0.3) is 5.91 Å². The van der Waals surface area contributed by atoms with E-state index < -0.39 is 0 Å². The maximum Gasteiger partial charge on any atom is 0.254 e. The third-order valence-electron chi connectivity index (χ3n) is 4.52. The Hall–Kier alpha value is -2.95. The summed E-state index contributed by atoms with van der Waals surface area (Å²) in [5.41, 5.74) is 3.17. The average molecular weight is 332 g/mol. The maximum absolute atomic E-state index is 12.9. The average Bonchev–Trinajstić information content (AvgIpc) is 3.07. The Bertz CT molecular complexity index is 900. The first-order valence-corrected chi connectivity index (χ1v) is 8.40. The van der Waals surface area contributed by atoms with Crippen molar-refractivity contribution in [1.82, 2.24) is 19.7 Å². The molecule has 0 spiro atoms. The predicted molar refractivity (Wildman–Crippen MR) is 96.0 cm³/mol. The van der Waals surface area contributed by atoms with Crippen LogP contribution in [0.3, 0.4) is 0 Å². The van der Waals surface area contributed by atoms with Crippen molar-refractivity contribution in [2.24, 2.45) is 0 Å². The molecular formula is C20H20N4O. The van der Waals surface area contributed by atoms with Gasteiger partial charge in [0.1, 0.15) is 5.69 Å². The fourth-order valence-electron chi connectivity index (χ4n) is 3.39. The summed E-state index contributed by atoms with van der Waals surface area (Å²) in [5.74, 6) is 0.0560. The highest BCUT2D eigenvalue weighted by Crippen LogP contribution is 2.30. The summed E-state index contributed by atoms with van der Waals surface area (Å²) in [6.45, 7) is 5.39. The summed E-state index contributed by atoms with van der Waals surface area (Å²) in [6.07, 6.45) is 1.77. The number of benzene rings is 1. The van der Waals surface area contributed by atoms with Crippen LogP contribution < -0.4 is 0 Å². The Morgan fingerprint density at radius 2 is 1.80 bits per heavy atom. The maximum atomic E-state index is 12.9. The minimum atomic E-state index is -0.273. The number of fused-ring (bicyclic) bond motifs is 1. The standard InChI is InChI=1S/C20H20N4O/c1-20(2)14-23(19(25)15-8-4-3-5-9-15)13-16-12-18(22-24(16)20)17-10-6-7-11-21-17/h3-12H,13-14H2,1-2H3. The van der Waals surface area contributed by atoms with Crippen LogP contribution in [0.2, 0.25) is 0 Å². The van der Waals surface area contributed by atoms with Crippen molar-refractivity contribution < 1.29 is 4.79 Å². The molecule has 0 bridgehead atoms. The first-order chi connectivity index (χ1) is 12.0. The van der Waals surface area contributed by atoms with E-state index in [9.17, 15) is 4.79 Å². The Kier molecular flexibility index (Phi) is 3.64. The van der Waals surface area contributed by atoms with Gasteiger partial charge in [-0.1, -0.05) is 24.3 Å². The molecule has 0 radical (unpaired) electrons. The van der Waals surface area contributed by atoms with Crippen LogP contribution in [0, 0.1) is 0 Å². The van der Waals surface area contributed by atoms with Gasteiger partial charge in [-0.2, -0.15) is 5.10 Å². The molecule has 0 fully saturated rings. The summed E-state index contributed by atoms with van der Waals surface area (Å²) >= 11 is 0. The van der Waals surface area contributed by atoms with Crippen molar-refractivity contribution in [2.45, 2.75) is 25.9 Å². The molecule has 0 aliphatic carbocycles. The molecule has 0 unspecified atom stereocenters. The van der Waals surface area contributed by atoms with Gasteiger partial charge in [0.15, 0.2) is 0 Å². The second-order valence-electron chi connectivity index (χ2n) is 6.99. The molecule has 3 aromatic rings. The molecular weight excluding hydrogens is 312 g/mol. The number of hydrogen-bond acceptors (Lipinski definition) is 3. The van der Waals surface area contributed by atoms with Gasteiger partial charge in [-0.05, 0) is 44.2 Å². The largest absolute Gasteiger partial charge is 0.330 e. The van der Waals surface area contributed by atoms with Crippen LogP contribution in [-0.4, -0.2) is 32.1 Å². The van der Waals surface area contributed by atoms with Crippen molar-refractivity contribution in [3.63, 3.8) is 0 Å². The molecule has 0 saturated heterocycles. The van der Waals surface area contributed by atoms with Gasteiger partial charge in [-0.3, -0.25) is 14.5 Å². The van der Waals surface area contributed by atoms with Gasteiger partial charge in [-0.15, -0.1) is 0 Å². The fourth-order valence-corrected chi connectivity index (χ4v) is 3.39. The second kappa shape index (κ2) is 5.84. The minimum Gasteiger partial charge on any atom is -0.330 e. The molecule has 3 heterocycles. The predicted octanol–water partition coefficient (Wildman–Crippen LogP) is 3.34. The van der Waals surface area contributed by atoms with Crippen LogP contribution in [0.5, 0.6) is 0 Å². The first kappa shape index (κ1) is 15.6. The topological polar surface area (TPSA) is 51.0 Å². The fraction of sp³-hybridized carbons (Fsp3) is 0.250. The molecule has 1 amide bonds. The van der Waals surface area contributed by atoms with Crippen LogP contribution >= 0.6 is 0 Å². The lowest BCUT2D eigenvalue weighted by atomic mass is 10.0. The van der Waals surface area contributed by atoms with Crippen LogP contribution in [0.1, 0.15) is 29.9 Å². The summed E-state index contributed by atoms with van der Waals surface area (Å²) < 4.78 is 2.03. The van der Waals surface area contributed by atoms with E-state index in [1.54, 1.807) is 6.20 Å². The second-order valence-corrected chi connectivity index (χ2v) is 6.99. The molecule has 25 heavy (non-hydrogen) atoms. The molecule has 0 saturated carbocycles. The van der Waals surface area contributed by atoms with Gasteiger partial charge in [0.2, 0.25) is 0 Å². The van der Waals surface area contributed by atoms with E-state index in [2.05, 4.69) is 18.8 Å². The van der Waals surface area contributed by atoms with Crippen LogP contribution in [0.4, 0.5) is 0 Å². The van der Waals surface area contributed by atoms with E-state index in [1.165, 1.54) is 0 Å². The Labute approximate surface area is 146 Å². The van der Waals surface area contributed by atoms with E-state index in [-0.39, 0.29) is 11.4 Å². The first-order valence-electron chi connectivity index (χ1n) is 8.40. The van der Waals surface area contributed by atoms with Crippen molar-refractivity contribution in [3.05, 3.63) is 72.1 Å². The van der Waals surface area contributed by atoms with Crippen molar-refractivity contribution in [3.8, 4) is 11.4 Å². The lowest BCUT2D eigenvalue weighted by Crippen LogP contribution is -2.49. The number of carbonyl (C=O) groups is 1. The van der Waals surface area contributed by atoms with Gasteiger partial charge >= 0.3 is 0 Å². The summed E-state index contributed by atoms with van der Waals surface area (Å²) in [5, 5.41) is 4.76. The third-order valence-corrected chi connectivity index (χ3v) is 4.52. The molecule has 5 heteroatoms. The normalized spacial score (nSPS) is 15.7. The molecule has 1 aromatic carbocycles. The van der Waals surface area contributed by atoms with Gasteiger partial charge in [0.05, 0.1) is 23.5 Å². The van der Waals surface area contributed by atoms with Gasteiger partial charge in [-0.25, -0.2) is 0 Å². The highest BCUT2D eigenvalue weighted by atomic mass is 16.2. The number of amides is 1. The number of pyridine rings is 1. The van der Waals surface area contributed by atoms with E-state index in [0.717, 1.165) is 22.6 Å². The van der Waals surface area contributed by atoms with Crippen LogP contribution in [-0.2, 0) is 12.1 Å². The van der Waals surface area contributed by atoms with Crippen molar-refractivity contribution in [2.75, 3.05) is 6.54 Å². The lowest BCUT2D eigenvalue weighted by molar-refractivity contribution is 0.0588. The van der Waals surface area contributed by atoms with E-state index >= 15 is 0 Å². The Morgan fingerprint density at radius 3 is 2.52 bits per heavy atom. The number of rotatable bonds is 2. The lowest BCUT2D eigenvalue weighted by Gasteiger charge is -2.39. The molecule has 5 nitrogen and oxygen atoms in total. The molecule has 126 valence electrons. The Balaban J connectivity index is 1.69. The zero-order valence-corrected chi connectivity index (χ0v) is 14.4. The number of aromatic nitrogens is 3. The number of carbonyl (C=O) groups excluding carboxylic acids is 1. The number of nitrogens with zero attached hydrogens (tertiary/aromatic N) is 4. The van der Waals surface area contributed by atoms with Gasteiger partial charge < -0.3 is 4.90 Å². The summed E-state index contributed by atoms with van der Waals surface area (Å²) in [4.78, 5) is 19.1. The smallest absolute Gasteiger partial charge is 0.254 e. The number of hydrogen-bond donors (Lipinski definition) is 0. The van der Waals surface area contributed by atoms with E-state index in [1.807, 2.05) is 64.2 Å². The van der Waals surface area contributed by atoms with Crippen molar-refractivity contribution in [1.29, 1.82) is 0 Å². The molecule has 1 aliphatic heterocycles.